The molecule has 1 aromatic rings. The predicted molar refractivity (Wildman–Crippen MR) is 82.9 cm³/mol. The van der Waals surface area contributed by atoms with Crippen molar-refractivity contribution in [1.82, 2.24) is 9.88 Å². The highest BCUT2D eigenvalue weighted by atomic mass is 15.3. The van der Waals surface area contributed by atoms with Crippen molar-refractivity contribution in [3.63, 3.8) is 0 Å². The molecule has 4 heteroatoms. The summed E-state index contributed by atoms with van der Waals surface area (Å²) in [6.45, 7) is 6.56. The molecule has 2 fully saturated rings. The number of hydrogen-bond donors (Lipinski definition) is 1. The molecule has 0 aromatic carbocycles. The second-order valence-corrected chi connectivity index (χ2v) is 6.20. The maximum Gasteiger partial charge on any atom is 0.128 e. The van der Waals surface area contributed by atoms with Gasteiger partial charge < -0.3 is 10.6 Å². The maximum absolute atomic E-state index is 5.87. The summed E-state index contributed by atoms with van der Waals surface area (Å²) in [7, 11) is 0. The number of aromatic nitrogens is 1. The molecule has 110 valence electrons. The first-order chi connectivity index (χ1) is 9.74. The minimum absolute atomic E-state index is 0.0655. The fourth-order valence-corrected chi connectivity index (χ4v) is 3.44. The van der Waals surface area contributed by atoms with Crippen LogP contribution in [0.25, 0.3) is 0 Å². The van der Waals surface area contributed by atoms with Crippen molar-refractivity contribution in [2.75, 3.05) is 31.1 Å². The van der Waals surface area contributed by atoms with E-state index in [-0.39, 0.29) is 6.04 Å². The van der Waals surface area contributed by atoms with E-state index in [4.69, 9.17) is 5.73 Å². The molecule has 1 aromatic heterocycles. The summed E-state index contributed by atoms with van der Waals surface area (Å²) in [5.74, 6) is 1.10. The molecule has 1 aliphatic heterocycles. The van der Waals surface area contributed by atoms with Gasteiger partial charge in [-0.2, -0.15) is 0 Å². The first-order valence-electron chi connectivity index (χ1n) is 7.94. The zero-order valence-electron chi connectivity index (χ0n) is 12.5. The summed E-state index contributed by atoms with van der Waals surface area (Å²) >= 11 is 0. The van der Waals surface area contributed by atoms with Crippen molar-refractivity contribution in [3.8, 4) is 0 Å². The van der Waals surface area contributed by atoms with Crippen LogP contribution in [0.2, 0.25) is 0 Å². The number of pyridine rings is 1. The van der Waals surface area contributed by atoms with E-state index in [0.29, 0.717) is 0 Å². The number of anilines is 1. The van der Waals surface area contributed by atoms with Gasteiger partial charge in [0.1, 0.15) is 5.82 Å². The SMILES string of the molecule is CC(N)c1ccc(N2CCN(C3CCCC3)CC2)nc1. The van der Waals surface area contributed by atoms with Crippen molar-refractivity contribution < 1.29 is 0 Å². The molecular formula is C16H26N4. The highest BCUT2D eigenvalue weighted by Crippen LogP contribution is 2.25. The smallest absolute Gasteiger partial charge is 0.128 e. The second-order valence-electron chi connectivity index (χ2n) is 6.20. The Morgan fingerprint density at radius 3 is 2.40 bits per heavy atom. The van der Waals surface area contributed by atoms with Gasteiger partial charge in [0, 0.05) is 44.5 Å². The zero-order valence-corrected chi connectivity index (χ0v) is 12.5. The van der Waals surface area contributed by atoms with Crippen molar-refractivity contribution in [1.29, 1.82) is 0 Å². The van der Waals surface area contributed by atoms with Gasteiger partial charge in [0.25, 0.3) is 0 Å². The summed E-state index contributed by atoms with van der Waals surface area (Å²) in [4.78, 5) is 9.65. The average molecular weight is 274 g/mol. The summed E-state index contributed by atoms with van der Waals surface area (Å²) in [6.07, 6.45) is 7.57. The number of hydrogen-bond acceptors (Lipinski definition) is 4. The van der Waals surface area contributed by atoms with Crippen LogP contribution in [0, 0.1) is 0 Å². The van der Waals surface area contributed by atoms with Crippen molar-refractivity contribution >= 4 is 5.82 Å². The third kappa shape index (κ3) is 2.96. The lowest BCUT2D eigenvalue weighted by molar-refractivity contribution is 0.187. The standard InChI is InChI=1S/C16H26N4/c1-13(17)14-6-7-16(18-12-14)20-10-8-19(9-11-20)15-4-2-3-5-15/h6-7,12-13,15H,2-5,8-11,17H2,1H3. The largest absolute Gasteiger partial charge is 0.354 e. The molecule has 3 rings (SSSR count). The number of rotatable bonds is 3. The predicted octanol–water partition coefficient (Wildman–Crippen LogP) is 2.17. The van der Waals surface area contributed by atoms with Gasteiger partial charge in [0.05, 0.1) is 0 Å². The molecule has 1 atom stereocenters. The number of nitrogens with two attached hydrogens (primary N) is 1. The minimum atomic E-state index is 0.0655. The first-order valence-corrected chi connectivity index (χ1v) is 7.94. The fraction of sp³-hybridized carbons (Fsp3) is 0.688. The normalized spacial score (nSPS) is 23.2. The summed E-state index contributed by atoms with van der Waals surface area (Å²) in [6, 6.07) is 5.14. The summed E-state index contributed by atoms with van der Waals surface area (Å²) < 4.78 is 0. The van der Waals surface area contributed by atoms with Crippen LogP contribution in [0.1, 0.15) is 44.2 Å². The molecule has 0 amide bonds. The van der Waals surface area contributed by atoms with Gasteiger partial charge in [-0.15, -0.1) is 0 Å². The van der Waals surface area contributed by atoms with Crippen LogP contribution in [0.5, 0.6) is 0 Å². The summed E-state index contributed by atoms with van der Waals surface area (Å²) in [5.41, 5.74) is 6.98. The van der Waals surface area contributed by atoms with Crippen molar-refractivity contribution in [2.24, 2.45) is 5.73 Å². The van der Waals surface area contributed by atoms with E-state index in [9.17, 15) is 0 Å². The number of piperazine rings is 1. The van der Waals surface area contributed by atoms with Gasteiger partial charge in [-0.1, -0.05) is 18.9 Å². The first kappa shape index (κ1) is 13.8. The van der Waals surface area contributed by atoms with E-state index >= 15 is 0 Å². The Labute approximate surface area is 122 Å². The Balaban J connectivity index is 1.57. The molecule has 2 heterocycles. The van der Waals surface area contributed by atoms with E-state index in [0.717, 1.165) is 30.5 Å². The van der Waals surface area contributed by atoms with Crippen LogP contribution in [0.4, 0.5) is 5.82 Å². The molecule has 0 radical (unpaired) electrons. The molecule has 1 saturated carbocycles. The molecular weight excluding hydrogens is 248 g/mol. The zero-order chi connectivity index (χ0) is 13.9. The third-order valence-corrected chi connectivity index (χ3v) is 4.78. The van der Waals surface area contributed by atoms with E-state index < -0.39 is 0 Å². The maximum atomic E-state index is 5.87. The van der Waals surface area contributed by atoms with Crippen molar-refractivity contribution in [3.05, 3.63) is 23.9 Å². The second kappa shape index (κ2) is 6.10. The van der Waals surface area contributed by atoms with E-state index in [1.807, 2.05) is 13.1 Å². The van der Waals surface area contributed by atoms with Crippen LogP contribution in [-0.2, 0) is 0 Å². The highest BCUT2D eigenvalue weighted by Gasteiger charge is 2.26. The lowest BCUT2D eigenvalue weighted by atomic mass is 10.1. The molecule has 0 spiro atoms. The van der Waals surface area contributed by atoms with E-state index in [2.05, 4.69) is 26.9 Å². The Hall–Kier alpha value is -1.13. The van der Waals surface area contributed by atoms with Crippen molar-refractivity contribution in [2.45, 2.75) is 44.7 Å². The molecule has 1 saturated heterocycles. The van der Waals surface area contributed by atoms with Gasteiger partial charge in [-0.25, -0.2) is 4.98 Å². The molecule has 2 aliphatic rings. The summed E-state index contributed by atoms with van der Waals surface area (Å²) in [5, 5.41) is 0. The third-order valence-electron chi connectivity index (χ3n) is 4.78. The van der Waals surface area contributed by atoms with Crippen LogP contribution in [0.3, 0.4) is 0 Å². The minimum Gasteiger partial charge on any atom is -0.354 e. The topological polar surface area (TPSA) is 45.4 Å². The molecule has 4 nitrogen and oxygen atoms in total. The van der Waals surface area contributed by atoms with E-state index in [1.165, 1.54) is 38.8 Å². The average Bonchev–Trinajstić information content (AvgIpc) is 3.02. The van der Waals surface area contributed by atoms with Gasteiger partial charge in [-0.05, 0) is 31.4 Å². The van der Waals surface area contributed by atoms with Crippen LogP contribution >= 0.6 is 0 Å². The van der Waals surface area contributed by atoms with Crippen LogP contribution < -0.4 is 10.6 Å². The molecule has 1 aliphatic carbocycles. The molecule has 0 bridgehead atoms. The lowest BCUT2D eigenvalue weighted by Gasteiger charge is -2.38. The Kier molecular flexibility index (Phi) is 4.22. The Morgan fingerprint density at radius 1 is 1.15 bits per heavy atom. The molecule has 2 N–H and O–H groups in total. The fourth-order valence-electron chi connectivity index (χ4n) is 3.44. The quantitative estimate of drug-likeness (QED) is 0.917. The highest BCUT2D eigenvalue weighted by molar-refractivity contribution is 5.40. The monoisotopic (exact) mass is 274 g/mol. The molecule has 20 heavy (non-hydrogen) atoms. The van der Waals surface area contributed by atoms with Gasteiger partial charge in [-0.3, -0.25) is 4.90 Å². The van der Waals surface area contributed by atoms with Gasteiger partial charge in [0.2, 0.25) is 0 Å². The van der Waals surface area contributed by atoms with Gasteiger partial charge >= 0.3 is 0 Å². The number of nitrogens with zero attached hydrogens (tertiary/aromatic N) is 3. The molecule has 1 unspecified atom stereocenters. The lowest BCUT2D eigenvalue weighted by Crippen LogP contribution is -2.50. The van der Waals surface area contributed by atoms with Crippen LogP contribution in [0.15, 0.2) is 18.3 Å². The van der Waals surface area contributed by atoms with Gasteiger partial charge in [0.15, 0.2) is 0 Å². The Morgan fingerprint density at radius 2 is 1.85 bits per heavy atom. The Bertz CT molecular complexity index is 415. The van der Waals surface area contributed by atoms with E-state index in [1.54, 1.807) is 0 Å². The van der Waals surface area contributed by atoms with Crippen LogP contribution in [-0.4, -0.2) is 42.1 Å².